The van der Waals surface area contributed by atoms with E-state index in [0.717, 1.165) is 18.4 Å². The molecule has 0 spiro atoms. The fourth-order valence-electron chi connectivity index (χ4n) is 3.41. The summed E-state index contributed by atoms with van der Waals surface area (Å²) in [5, 5.41) is 9.06. The van der Waals surface area contributed by atoms with Gasteiger partial charge in [0, 0.05) is 23.9 Å². The number of benzene rings is 1. The maximum absolute atomic E-state index is 13.7. The number of hydrogen-bond acceptors (Lipinski definition) is 5. The van der Waals surface area contributed by atoms with Crippen molar-refractivity contribution >= 4 is 28.6 Å². The monoisotopic (exact) mass is 390 g/mol. The molecule has 0 unspecified atom stereocenters. The summed E-state index contributed by atoms with van der Waals surface area (Å²) in [6.07, 6.45) is 1.87. The van der Waals surface area contributed by atoms with Gasteiger partial charge in [0.15, 0.2) is 17.0 Å². The van der Waals surface area contributed by atoms with Crippen molar-refractivity contribution in [3.05, 3.63) is 40.7 Å². The van der Waals surface area contributed by atoms with Gasteiger partial charge in [0.2, 0.25) is 0 Å². The molecule has 3 heterocycles. The van der Waals surface area contributed by atoms with Gasteiger partial charge in [-0.15, -0.1) is 5.10 Å². The van der Waals surface area contributed by atoms with Crippen LogP contribution in [0, 0.1) is 0 Å². The number of halogens is 3. The van der Waals surface area contributed by atoms with Crippen LogP contribution in [0.2, 0.25) is 5.02 Å². The molecule has 0 atom stereocenters. The highest BCUT2D eigenvalue weighted by atomic mass is 35.5. The molecular formula is C18H17ClF2N6. The average Bonchev–Trinajstić information content (AvgIpc) is 3.33. The molecule has 6 nitrogen and oxygen atoms in total. The fourth-order valence-corrected chi connectivity index (χ4v) is 3.61. The van der Waals surface area contributed by atoms with Gasteiger partial charge in [-0.05, 0) is 24.5 Å². The SMILES string of the molecule is FC1(F)CCN(c2nc(C3CC3)nc3c2nnn3Cc2ccccc2Cl)C1. The van der Waals surface area contributed by atoms with Gasteiger partial charge in [-0.1, -0.05) is 35.0 Å². The van der Waals surface area contributed by atoms with E-state index in [4.69, 9.17) is 11.6 Å². The number of anilines is 1. The zero-order valence-corrected chi connectivity index (χ0v) is 15.2. The van der Waals surface area contributed by atoms with Crippen molar-refractivity contribution in [3.63, 3.8) is 0 Å². The number of rotatable bonds is 4. The quantitative estimate of drug-likeness (QED) is 0.680. The highest BCUT2D eigenvalue weighted by Crippen LogP contribution is 2.40. The van der Waals surface area contributed by atoms with Gasteiger partial charge >= 0.3 is 0 Å². The molecule has 0 radical (unpaired) electrons. The lowest BCUT2D eigenvalue weighted by molar-refractivity contribution is 0.0257. The minimum atomic E-state index is -2.70. The number of hydrogen-bond donors (Lipinski definition) is 0. The van der Waals surface area contributed by atoms with Crippen LogP contribution >= 0.6 is 11.6 Å². The van der Waals surface area contributed by atoms with Crippen LogP contribution in [0.25, 0.3) is 11.2 Å². The topological polar surface area (TPSA) is 59.7 Å². The zero-order chi connectivity index (χ0) is 18.6. The Morgan fingerprint density at radius 2 is 2.00 bits per heavy atom. The molecule has 1 aliphatic heterocycles. The number of nitrogens with zero attached hydrogens (tertiary/aromatic N) is 6. The van der Waals surface area contributed by atoms with E-state index in [1.165, 1.54) is 0 Å². The molecule has 140 valence electrons. The van der Waals surface area contributed by atoms with Crippen LogP contribution in [0.5, 0.6) is 0 Å². The first-order chi connectivity index (χ1) is 13.0. The van der Waals surface area contributed by atoms with Gasteiger partial charge in [-0.2, -0.15) is 0 Å². The molecule has 5 rings (SSSR count). The second-order valence-electron chi connectivity index (χ2n) is 7.22. The summed E-state index contributed by atoms with van der Waals surface area (Å²) in [7, 11) is 0. The van der Waals surface area contributed by atoms with E-state index in [1.54, 1.807) is 9.58 Å². The third-order valence-corrected chi connectivity index (χ3v) is 5.42. The largest absolute Gasteiger partial charge is 0.348 e. The molecular weight excluding hydrogens is 374 g/mol. The van der Waals surface area contributed by atoms with Gasteiger partial charge < -0.3 is 4.90 Å². The summed E-state index contributed by atoms with van der Waals surface area (Å²) < 4.78 is 29.2. The third-order valence-electron chi connectivity index (χ3n) is 5.05. The van der Waals surface area contributed by atoms with Crippen molar-refractivity contribution in [2.45, 2.75) is 37.6 Å². The van der Waals surface area contributed by atoms with E-state index in [1.807, 2.05) is 24.3 Å². The number of fused-ring (bicyclic) bond motifs is 1. The summed E-state index contributed by atoms with van der Waals surface area (Å²) in [6, 6.07) is 7.51. The summed E-state index contributed by atoms with van der Waals surface area (Å²) in [5.41, 5.74) is 1.92. The lowest BCUT2D eigenvalue weighted by Gasteiger charge is -2.18. The molecule has 0 amide bonds. The highest BCUT2D eigenvalue weighted by Gasteiger charge is 2.40. The second kappa shape index (κ2) is 6.09. The van der Waals surface area contributed by atoms with Crippen LogP contribution in [0.3, 0.4) is 0 Å². The Kier molecular flexibility index (Phi) is 3.79. The highest BCUT2D eigenvalue weighted by molar-refractivity contribution is 6.31. The minimum absolute atomic E-state index is 0.176. The van der Waals surface area contributed by atoms with Gasteiger partial charge in [0.05, 0.1) is 13.1 Å². The molecule has 1 aromatic carbocycles. The van der Waals surface area contributed by atoms with Crippen molar-refractivity contribution in [1.82, 2.24) is 25.0 Å². The van der Waals surface area contributed by atoms with Crippen LogP contribution in [-0.2, 0) is 6.54 Å². The minimum Gasteiger partial charge on any atom is -0.348 e. The Morgan fingerprint density at radius 1 is 1.19 bits per heavy atom. The predicted molar refractivity (Wildman–Crippen MR) is 97.4 cm³/mol. The molecule has 0 bridgehead atoms. The van der Waals surface area contributed by atoms with E-state index in [2.05, 4.69) is 20.3 Å². The van der Waals surface area contributed by atoms with Crippen molar-refractivity contribution in [3.8, 4) is 0 Å². The van der Waals surface area contributed by atoms with Gasteiger partial charge in [-0.25, -0.2) is 23.4 Å². The molecule has 2 aliphatic rings. The molecule has 1 aliphatic carbocycles. The van der Waals surface area contributed by atoms with Gasteiger partial charge in [-0.3, -0.25) is 0 Å². The molecule has 9 heteroatoms. The molecule has 3 aromatic rings. The van der Waals surface area contributed by atoms with Crippen molar-refractivity contribution in [2.75, 3.05) is 18.0 Å². The molecule has 27 heavy (non-hydrogen) atoms. The first-order valence-corrected chi connectivity index (χ1v) is 9.35. The lowest BCUT2D eigenvalue weighted by Crippen LogP contribution is -2.26. The van der Waals surface area contributed by atoms with E-state index < -0.39 is 5.92 Å². The Morgan fingerprint density at radius 3 is 2.70 bits per heavy atom. The van der Waals surface area contributed by atoms with Crippen molar-refractivity contribution < 1.29 is 8.78 Å². The van der Waals surface area contributed by atoms with E-state index >= 15 is 0 Å². The molecule has 2 aromatic heterocycles. The lowest BCUT2D eigenvalue weighted by atomic mass is 10.2. The summed E-state index contributed by atoms with van der Waals surface area (Å²) in [6.45, 7) is 0.314. The summed E-state index contributed by atoms with van der Waals surface area (Å²) in [5.74, 6) is -1.26. The Hall–Kier alpha value is -2.35. The predicted octanol–water partition coefficient (Wildman–Crippen LogP) is 3.65. The normalized spacial score (nSPS) is 19.1. The first-order valence-electron chi connectivity index (χ1n) is 8.97. The first kappa shape index (κ1) is 16.8. The van der Waals surface area contributed by atoms with E-state index in [-0.39, 0.29) is 19.5 Å². The molecule has 0 N–H and O–H groups in total. The van der Waals surface area contributed by atoms with Crippen LogP contribution in [0.1, 0.15) is 36.6 Å². The van der Waals surface area contributed by atoms with Crippen LogP contribution < -0.4 is 4.90 Å². The maximum atomic E-state index is 13.7. The Labute approximate surface area is 159 Å². The number of alkyl halides is 2. The van der Waals surface area contributed by atoms with Crippen LogP contribution in [0.4, 0.5) is 14.6 Å². The molecule has 2 fully saturated rings. The van der Waals surface area contributed by atoms with Crippen LogP contribution in [-0.4, -0.2) is 44.0 Å². The smallest absolute Gasteiger partial charge is 0.266 e. The van der Waals surface area contributed by atoms with E-state index in [0.29, 0.717) is 40.3 Å². The maximum Gasteiger partial charge on any atom is 0.266 e. The number of aromatic nitrogens is 5. The fraction of sp³-hybridized carbons (Fsp3) is 0.444. The standard InChI is InChI=1S/C18H17ClF2N6/c19-13-4-2-1-3-12(13)9-27-17-14(24-25-27)16(22-15(23-17)11-5-6-11)26-8-7-18(20,21)10-26/h1-4,11H,5-10H2. The van der Waals surface area contributed by atoms with Gasteiger partial charge in [0.1, 0.15) is 5.82 Å². The third kappa shape index (κ3) is 3.12. The second-order valence-corrected chi connectivity index (χ2v) is 7.63. The Bertz CT molecular complexity index is 1020. The van der Waals surface area contributed by atoms with Crippen molar-refractivity contribution in [2.24, 2.45) is 0 Å². The zero-order valence-electron chi connectivity index (χ0n) is 14.4. The molecule has 1 saturated heterocycles. The molecule has 1 saturated carbocycles. The summed E-state index contributed by atoms with van der Waals surface area (Å²) >= 11 is 6.26. The Balaban J connectivity index is 1.59. The van der Waals surface area contributed by atoms with Crippen molar-refractivity contribution in [1.29, 1.82) is 0 Å². The van der Waals surface area contributed by atoms with Gasteiger partial charge in [0.25, 0.3) is 5.92 Å². The summed E-state index contributed by atoms with van der Waals surface area (Å²) in [4.78, 5) is 10.9. The van der Waals surface area contributed by atoms with E-state index in [9.17, 15) is 8.78 Å². The average molecular weight is 391 g/mol. The van der Waals surface area contributed by atoms with Crippen LogP contribution in [0.15, 0.2) is 24.3 Å².